The van der Waals surface area contributed by atoms with E-state index in [1.54, 1.807) is 6.92 Å². The van der Waals surface area contributed by atoms with Crippen LogP contribution in [0.3, 0.4) is 0 Å². The second-order valence-electron chi connectivity index (χ2n) is 6.38. The number of nitrogen functional groups attached to an aromatic ring is 1. The van der Waals surface area contributed by atoms with Gasteiger partial charge in [-0.2, -0.15) is 0 Å². The fourth-order valence-corrected chi connectivity index (χ4v) is 3.01. The van der Waals surface area contributed by atoms with Crippen LogP contribution in [0.15, 0.2) is 0 Å². The highest BCUT2D eigenvalue weighted by atomic mass is 16.5. The molecule has 0 spiro atoms. The van der Waals surface area contributed by atoms with E-state index < -0.39 is 5.97 Å². The first-order chi connectivity index (χ1) is 9.35. The molecular formula is C15H25N3O2. The summed E-state index contributed by atoms with van der Waals surface area (Å²) in [5.41, 5.74) is 6.80. The number of hydrogen-bond acceptors (Lipinski definition) is 4. The zero-order valence-electron chi connectivity index (χ0n) is 12.9. The van der Waals surface area contributed by atoms with Gasteiger partial charge in [-0.05, 0) is 44.9 Å². The molecule has 0 atom stereocenters. The molecule has 1 aliphatic carbocycles. The van der Waals surface area contributed by atoms with Crippen molar-refractivity contribution in [3.8, 4) is 0 Å². The summed E-state index contributed by atoms with van der Waals surface area (Å²) < 4.78 is 7.02. The minimum Gasteiger partial charge on any atom is -0.461 e. The van der Waals surface area contributed by atoms with Crippen molar-refractivity contribution >= 4 is 11.8 Å². The first kappa shape index (κ1) is 14.9. The van der Waals surface area contributed by atoms with E-state index in [2.05, 4.69) is 18.8 Å². The average Bonchev–Trinajstić information content (AvgIpc) is 2.66. The van der Waals surface area contributed by atoms with Crippen LogP contribution in [-0.2, 0) is 4.74 Å². The number of nitrogens with zero attached hydrogens (tertiary/aromatic N) is 2. The Morgan fingerprint density at radius 2 is 2.05 bits per heavy atom. The van der Waals surface area contributed by atoms with E-state index in [1.165, 1.54) is 12.8 Å². The smallest absolute Gasteiger partial charge is 0.360 e. The quantitative estimate of drug-likeness (QED) is 0.863. The Hall–Kier alpha value is -1.52. The van der Waals surface area contributed by atoms with Crippen LogP contribution in [0.25, 0.3) is 0 Å². The number of hydrogen-bond donors (Lipinski definition) is 1. The summed E-state index contributed by atoms with van der Waals surface area (Å²) in [6.45, 7) is 8.62. The van der Waals surface area contributed by atoms with Crippen LogP contribution in [0.5, 0.6) is 0 Å². The highest BCUT2D eigenvalue weighted by Gasteiger charge is 2.31. The van der Waals surface area contributed by atoms with Gasteiger partial charge in [-0.15, -0.1) is 0 Å². The number of anilines is 1. The normalized spacial score (nSPS) is 19.0. The average molecular weight is 279 g/mol. The predicted molar refractivity (Wildman–Crippen MR) is 78.6 cm³/mol. The van der Waals surface area contributed by atoms with Crippen LogP contribution in [0.1, 0.15) is 68.8 Å². The maximum absolute atomic E-state index is 11.8. The van der Waals surface area contributed by atoms with Gasteiger partial charge in [0.05, 0.1) is 6.61 Å². The van der Waals surface area contributed by atoms with Crippen molar-refractivity contribution < 1.29 is 9.53 Å². The van der Waals surface area contributed by atoms with Gasteiger partial charge in [0.15, 0.2) is 5.69 Å². The van der Waals surface area contributed by atoms with Crippen molar-refractivity contribution in [1.29, 1.82) is 0 Å². The summed E-state index contributed by atoms with van der Waals surface area (Å²) in [5, 5.41) is 0. The van der Waals surface area contributed by atoms with Crippen molar-refractivity contribution in [2.75, 3.05) is 12.3 Å². The standard InChI is InChI=1S/C15H25N3O2/c1-5-20-14(19)12-13(16)18(10(2)17-12)11-6-8-15(3,4)9-7-11/h11H,5-9,16H2,1-4H3. The topological polar surface area (TPSA) is 70.1 Å². The molecule has 0 aromatic carbocycles. The van der Waals surface area contributed by atoms with Gasteiger partial charge < -0.3 is 15.0 Å². The van der Waals surface area contributed by atoms with Crippen LogP contribution < -0.4 is 5.73 Å². The third-order valence-corrected chi connectivity index (χ3v) is 4.27. The molecule has 1 aromatic heterocycles. The van der Waals surface area contributed by atoms with Crippen molar-refractivity contribution in [3.63, 3.8) is 0 Å². The Bertz CT molecular complexity index is 495. The molecule has 2 N–H and O–H groups in total. The van der Waals surface area contributed by atoms with E-state index in [1.807, 2.05) is 11.5 Å². The molecule has 1 aliphatic rings. The summed E-state index contributed by atoms with van der Waals surface area (Å²) >= 11 is 0. The first-order valence-electron chi connectivity index (χ1n) is 7.37. The number of imidazole rings is 1. The van der Waals surface area contributed by atoms with Gasteiger partial charge in [0.1, 0.15) is 11.6 Å². The lowest BCUT2D eigenvalue weighted by Crippen LogP contribution is -2.25. The van der Waals surface area contributed by atoms with E-state index in [-0.39, 0.29) is 5.69 Å². The lowest BCUT2D eigenvalue weighted by atomic mass is 9.75. The summed E-state index contributed by atoms with van der Waals surface area (Å²) in [7, 11) is 0. The highest BCUT2D eigenvalue weighted by Crippen LogP contribution is 2.41. The van der Waals surface area contributed by atoms with Gasteiger partial charge in [-0.1, -0.05) is 13.8 Å². The van der Waals surface area contributed by atoms with Gasteiger partial charge in [-0.3, -0.25) is 0 Å². The van der Waals surface area contributed by atoms with Gasteiger partial charge in [0.2, 0.25) is 0 Å². The van der Waals surface area contributed by atoms with Crippen molar-refractivity contribution in [3.05, 3.63) is 11.5 Å². The number of aryl methyl sites for hydroxylation is 1. The number of rotatable bonds is 3. The van der Waals surface area contributed by atoms with Crippen molar-refractivity contribution in [2.24, 2.45) is 5.41 Å². The Morgan fingerprint density at radius 1 is 1.45 bits per heavy atom. The minimum atomic E-state index is -0.428. The minimum absolute atomic E-state index is 0.259. The molecule has 0 amide bonds. The van der Waals surface area contributed by atoms with E-state index in [9.17, 15) is 4.79 Å². The summed E-state index contributed by atoms with van der Waals surface area (Å²) in [5.74, 6) is 0.823. The second kappa shape index (κ2) is 5.46. The largest absolute Gasteiger partial charge is 0.461 e. The zero-order chi connectivity index (χ0) is 14.9. The molecule has 1 saturated carbocycles. The molecule has 1 aromatic rings. The Labute approximate surface area is 120 Å². The van der Waals surface area contributed by atoms with Gasteiger partial charge in [0.25, 0.3) is 0 Å². The van der Waals surface area contributed by atoms with E-state index in [0.29, 0.717) is 23.9 Å². The fourth-order valence-electron chi connectivity index (χ4n) is 3.01. The molecule has 1 heterocycles. The summed E-state index contributed by atoms with van der Waals surface area (Å²) in [4.78, 5) is 16.1. The molecule has 112 valence electrons. The van der Waals surface area contributed by atoms with E-state index >= 15 is 0 Å². The van der Waals surface area contributed by atoms with Crippen LogP contribution >= 0.6 is 0 Å². The fraction of sp³-hybridized carbons (Fsp3) is 0.733. The maximum Gasteiger partial charge on any atom is 0.360 e. The first-order valence-corrected chi connectivity index (χ1v) is 7.37. The van der Waals surface area contributed by atoms with Crippen LogP contribution in [0, 0.1) is 12.3 Å². The van der Waals surface area contributed by atoms with Crippen LogP contribution in [0.2, 0.25) is 0 Å². The van der Waals surface area contributed by atoms with E-state index in [4.69, 9.17) is 10.5 Å². The van der Waals surface area contributed by atoms with Crippen LogP contribution in [-0.4, -0.2) is 22.1 Å². The van der Waals surface area contributed by atoms with Gasteiger partial charge in [0, 0.05) is 6.04 Å². The molecule has 5 heteroatoms. The number of esters is 1. The molecule has 0 unspecified atom stereocenters. The molecule has 5 nitrogen and oxygen atoms in total. The Balaban J connectivity index is 2.23. The predicted octanol–water partition coefficient (Wildman–Crippen LogP) is 3.09. The summed E-state index contributed by atoms with van der Waals surface area (Å²) in [6, 6.07) is 0.346. The number of aromatic nitrogens is 2. The Kier molecular flexibility index (Phi) is 4.06. The van der Waals surface area contributed by atoms with Crippen molar-refractivity contribution in [1.82, 2.24) is 9.55 Å². The highest BCUT2D eigenvalue weighted by molar-refractivity contribution is 5.92. The molecule has 1 fully saturated rings. The maximum atomic E-state index is 11.8. The lowest BCUT2D eigenvalue weighted by Gasteiger charge is -2.35. The molecule has 0 radical (unpaired) electrons. The van der Waals surface area contributed by atoms with Gasteiger partial charge >= 0.3 is 5.97 Å². The van der Waals surface area contributed by atoms with Crippen molar-refractivity contribution in [2.45, 2.75) is 59.4 Å². The number of nitrogens with two attached hydrogens (primary N) is 1. The third kappa shape index (κ3) is 2.81. The van der Waals surface area contributed by atoms with Gasteiger partial charge in [-0.25, -0.2) is 9.78 Å². The van der Waals surface area contributed by atoms with Crippen LogP contribution in [0.4, 0.5) is 5.82 Å². The van der Waals surface area contributed by atoms with E-state index in [0.717, 1.165) is 18.7 Å². The second-order valence-corrected chi connectivity index (χ2v) is 6.38. The summed E-state index contributed by atoms with van der Waals surface area (Å²) in [6.07, 6.45) is 4.50. The molecular weight excluding hydrogens is 254 g/mol. The number of carbonyl (C=O) groups excluding carboxylic acids is 1. The lowest BCUT2D eigenvalue weighted by molar-refractivity contribution is 0.0521. The molecule has 2 rings (SSSR count). The number of carbonyl (C=O) groups is 1. The molecule has 20 heavy (non-hydrogen) atoms. The molecule has 0 saturated heterocycles. The SMILES string of the molecule is CCOC(=O)c1nc(C)n(C2CCC(C)(C)CC2)c1N. The number of ether oxygens (including phenoxy) is 1. The molecule has 0 aliphatic heterocycles. The third-order valence-electron chi connectivity index (χ3n) is 4.27. The monoisotopic (exact) mass is 279 g/mol. The Morgan fingerprint density at radius 3 is 2.60 bits per heavy atom. The zero-order valence-corrected chi connectivity index (χ0v) is 12.9. The molecule has 0 bridgehead atoms.